The number of rotatable bonds is 3. The molecule has 7 heteroatoms. The number of furan rings is 1. The zero-order chi connectivity index (χ0) is 17.6. The van der Waals surface area contributed by atoms with Gasteiger partial charge in [-0.3, -0.25) is 19.7 Å². The van der Waals surface area contributed by atoms with Gasteiger partial charge in [0, 0.05) is 35.2 Å². The van der Waals surface area contributed by atoms with Crippen LogP contribution in [0.4, 0.5) is 11.4 Å². The molecule has 0 saturated heterocycles. The number of fused-ring (bicyclic) bond motifs is 2. The molecule has 0 radical (unpaired) electrons. The lowest BCUT2D eigenvalue weighted by molar-refractivity contribution is -0.384. The van der Waals surface area contributed by atoms with Crippen molar-refractivity contribution < 1.29 is 18.9 Å². The van der Waals surface area contributed by atoms with Crippen LogP contribution < -0.4 is 5.32 Å². The zero-order valence-corrected chi connectivity index (χ0v) is 12.9. The molecule has 3 aromatic rings. The molecule has 0 bridgehead atoms. The Bertz CT molecular complexity index is 1050. The van der Waals surface area contributed by atoms with Gasteiger partial charge < -0.3 is 9.73 Å². The van der Waals surface area contributed by atoms with E-state index in [1.807, 2.05) is 0 Å². The van der Waals surface area contributed by atoms with Gasteiger partial charge in [0.15, 0.2) is 5.76 Å². The van der Waals surface area contributed by atoms with Crippen LogP contribution in [-0.4, -0.2) is 16.6 Å². The van der Waals surface area contributed by atoms with E-state index in [1.54, 1.807) is 18.2 Å². The Morgan fingerprint density at radius 3 is 2.76 bits per heavy atom. The fourth-order valence-electron chi connectivity index (χ4n) is 2.92. The molecule has 25 heavy (non-hydrogen) atoms. The second kappa shape index (κ2) is 5.55. The molecule has 0 atom stereocenters. The fraction of sp³-hybridized carbons (Fsp3) is 0.111. The molecule has 1 aromatic heterocycles. The molecule has 1 aliphatic rings. The standard InChI is InChI=1S/C18H12N2O5/c21-17-6-2-10-7-11(1-4-14(10)19-17)18(22)16-9-12-8-13(20(23)24)3-5-15(12)25-16/h1,3-5,7-9H,2,6H2,(H,19,21). The highest BCUT2D eigenvalue weighted by Gasteiger charge is 2.20. The highest BCUT2D eigenvalue weighted by atomic mass is 16.6. The van der Waals surface area contributed by atoms with Crippen molar-refractivity contribution in [2.75, 3.05) is 5.32 Å². The van der Waals surface area contributed by atoms with Crippen molar-refractivity contribution in [2.45, 2.75) is 12.8 Å². The second-order valence-electron chi connectivity index (χ2n) is 5.84. The van der Waals surface area contributed by atoms with Gasteiger partial charge in [0.25, 0.3) is 5.69 Å². The number of carbonyl (C=O) groups is 2. The minimum atomic E-state index is -0.494. The third kappa shape index (κ3) is 2.65. The van der Waals surface area contributed by atoms with Gasteiger partial charge in [-0.2, -0.15) is 0 Å². The number of non-ortho nitro benzene ring substituents is 1. The normalized spacial score (nSPS) is 13.4. The van der Waals surface area contributed by atoms with Gasteiger partial charge in [-0.1, -0.05) is 0 Å². The van der Waals surface area contributed by atoms with Crippen LogP contribution in [0.15, 0.2) is 46.9 Å². The van der Waals surface area contributed by atoms with Crippen molar-refractivity contribution in [1.29, 1.82) is 0 Å². The van der Waals surface area contributed by atoms with Crippen LogP contribution in [0, 0.1) is 10.1 Å². The van der Waals surface area contributed by atoms with Gasteiger partial charge in [0.2, 0.25) is 11.7 Å². The maximum Gasteiger partial charge on any atom is 0.270 e. The summed E-state index contributed by atoms with van der Waals surface area (Å²) in [5.74, 6) is -0.223. The van der Waals surface area contributed by atoms with E-state index in [9.17, 15) is 19.7 Å². The number of benzene rings is 2. The van der Waals surface area contributed by atoms with E-state index in [1.165, 1.54) is 24.3 Å². The summed E-state index contributed by atoms with van der Waals surface area (Å²) in [6.45, 7) is 0. The van der Waals surface area contributed by atoms with E-state index in [2.05, 4.69) is 5.32 Å². The predicted octanol–water partition coefficient (Wildman–Crippen LogP) is 3.46. The number of hydrogen-bond acceptors (Lipinski definition) is 5. The largest absolute Gasteiger partial charge is 0.453 e. The Morgan fingerprint density at radius 1 is 1.12 bits per heavy atom. The molecule has 1 amide bonds. The quantitative estimate of drug-likeness (QED) is 0.448. The smallest absolute Gasteiger partial charge is 0.270 e. The Balaban J connectivity index is 1.70. The SMILES string of the molecule is O=C1CCc2cc(C(=O)c3cc4cc([N+](=O)[O-])ccc4o3)ccc2N1. The van der Waals surface area contributed by atoms with E-state index in [-0.39, 0.29) is 23.1 Å². The molecule has 2 heterocycles. The highest BCUT2D eigenvalue weighted by molar-refractivity contribution is 6.09. The van der Waals surface area contributed by atoms with Crippen LogP contribution in [-0.2, 0) is 11.2 Å². The summed E-state index contributed by atoms with van der Waals surface area (Å²) in [4.78, 5) is 34.4. The van der Waals surface area contributed by atoms with Crippen molar-refractivity contribution in [3.8, 4) is 0 Å². The molecule has 7 nitrogen and oxygen atoms in total. The summed E-state index contributed by atoms with van der Waals surface area (Å²) in [6.07, 6.45) is 0.966. The number of nitrogens with zero attached hydrogens (tertiary/aromatic N) is 1. The Morgan fingerprint density at radius 2 is 1.96 bits per heavy atom. The van der Waals surface area contributed by atoms with Crippen molar-refractivity contribution in [2.24, 2.45) is 0 Å². The minimum Gasteiger partial charge on any atom is -0.453 e. The highest BCUT2D eigenvalue weighted by Crippen LogP contribution is 2.28. The number of nitrogens with one attached hydrogen (secondary N) is 1. The van der Waals surface area contributed by atoms with Gasteiger partial charge in [0.1, 0.15) is 5.58 Å². The number of anilines is 1. The molecule has 0 fully saturated rings. The van der Waals surface area contributed by atoms with Crippen LogP contribution in [0.25, 0.3) is 11.0 Å². The molecule has 0 unspecified atom stereocenters. The van der Waals surface area contributed by atoms with E-state index in [4.69, 9.17) is 4.42 Å². The number of hydrogen-bond donors (Lipinski definition) is 1. The molecule has 0 spiro atoms. The molecule has 0 saturated carbocycles. The summed E-state index contributed by atoms with van der Waals surface area (Å²) < 4.78 is 5.54. The van der Waals surface area contributed by atoms with Crippen LogP contribution in [0.5, 0.6) is 0 Å². The Hall–Kier alpha value is -3.48. The van der Waals surface area contributed by atoms with Crippen molar-refractivity contribution in [3.63, 3.8) is 0 Å². The Labute approximate surface area is 141 Å². The van der Waals surface area contributed by atoms with Crippen molar-refractivity contribution >= 4 is 34.0 Å². The molecule has 4 rings (SSSR count). The second-order valence-corrected chi connectivity index (χ2v) is 5.84. The summed E-state index contributed by atoms with van der Waals surface area (Å²) in [6, 6.07) is 10.8. The van der Waals surface area contributed by atoms with Crippen LogP contribution in [0.2, 0.25) is 0 Å². The summed E-state index contributed by atoms with van der Waals surface area (Å²) in [5, 5.41) is 14.1. The summed E-state index contributed by atoms with van der Waals surface area (Å²) >= 11 is 0. The lowest BCUT2D eigenvalue weighted by atomic mass is 9.98. The molecular weight excluding hydrogens is 324 g/mol. The van der Waals surface area contributed by atoms with Gasteiger partial charge in [0.05, 0.1) is 4.92 Å². The maximum absolute atomic E-state index is 12.7. The number of nitro benzene ring substituents is 1. The van der Waals surface area contributed by atoms with E-state index < -0.39 is 4.92 Å². The van der Waals surface area contributed by atoms with Crippen LogP contribution >= 0.6 is 0 Å². The zero-order valence-electron chi connectivity index (χ0n) is 12.9. The average Bonchev–Trinajstić information content (AvgIpc) is 3.03. The number of aryl methyl sites for hydroxylation is 1. The minimum absolute atomic E-state index is 0.0366. The van der Waals surface area contributed by atoms with E-state index in [0.29, 0.717) is 35.1 Å². The summed E-state index contributed by atoms with van der Waals surface area (Å²) in [5.41, 5.74) is 2.42. The third-order valence-corrected chi connectivity index (χ3v) is 4.20. The lowest BCUT2D eigenvalue weighted by Crippen LogP contribution is -2.19. The third-order valence-electron chi connectivity index (χ3n) is 4.20. The van der Waals surface area contributed by atoms with Gasteiger partial charge in [-0.05, 0) is 42.3 Å². The molecular formula is C18H12N2O5. The van der Waals surface area contributed by atoms with Crippen molar-refractivity contribution in [3.05, 3.63) is 69.5 Å². The number of ketones is 1. The van der Waals surface area contributed by atoms with Gasteiger partial charge in [-0.15, -0.1) is 0 Å². The molecule has 1 aliphatic heterocycles. The first-order chi connectivity index (χ1) is 12.0. The fourth-order valence-corrected chi connectivity index (χ4v) is 2.92. The molecule has 124 valence electrons. The molecule has 2 aromatic carbocycles. The predicted molar refractivity (Wildman–Crippen MR) is 89.7 cm³/mol. The lowest BCUT2D eigenvalue weighted by Gasteiger charge is -2.17. The van der Waals surface area contributed by atoms with E-state index >= 15 is 0 Å². The first-order valence-corrected chi connectivity index (χ1v) is 7.67. The number of amides is 1. The topological polar surface area (TPSA) is 102 Å². The maximum atomic E-state index is 12.7. The molecule has 1 N–H and O–H groups in total. The summed E-state index contributed by atoms with van der Waals surface area (Å²) in [7, 11) is 0. The molecule has 0 aliphatic carbocycles. The van der Waals surface area contributed by atoms with E-state index in [0.717, 1.165) is 5.56 Å². The van der Waals surface area contributed by atoms with Gasteiger partial charge >= 0.3 is 0 Å². The number of carbonyl (C=O) groups excluding carboxylic acids is 2. The van der Waals surface area contributed by atoms with Crippen LogP contribution in [0.1, 0.15) is 28.1 Å². The van der Waals surface area contributed by atoms with Gasteiger partial charge in [-0.25, -0.2) is 0 Å². The average molecular weight is 336 g/mol. The number of nitro groups is 1. The Kier molecular flexibility index (Phi) is 3.35. The first-order valence-electron chi connectivity index (χ1n) is 7.67. The van der Waals surface area contributed by atoms with Crippen LogP contribution in [0.3, 0.4) is 0 Å². The van der Waals surface area contributed by atoms with Crippen molar-refractivity contribution in [1.82, 2.24) is 0 Å². The monoisotopic (exact) mass is 336 g/mol. The first kappa shape index (κ1) is 15.1.